The summed E-state index contributed by atoms with van der Waals surface area (Å²) < 4.78 is 1.97. The molecular formula is C21H26N4OS. The molecule has 0 amide bonds. The molecule has 27 heavy (non-hydrogen) atoms. The number of allylic oxidation sites excluding steroid dienone is 3. The number of hydrogen-bond donors (Lipinski definition) is 0. The minimum absolute atomic E-state index is 0.0773. The van der Waals surface area contributed by atoms with E-state index in [1.807, 2.05) is 43.7 Å². The number of nitrogens with zero attached hydrogens (tertiary/aromatic N) is 4. The van der Waals surface area contributed by atoms with E-state index in [0.29, 0.717) is 6.54 Å². The lowest BCUT2D eigenvalue weighted by molar-refractivity contribution is -0.114. The number of aromatic nitrogens is 3. The van der Waals surface area contributed by atoms with Crippen molar-refractivity contribution in [2.45, 2.75) is 50.1 Å². The maximum Gasteiger partial charge on any atom is 0.192 e. The summed E-state index contributed by atoms with van der Waals surface area (Å²) in [6.07, 6.45) is 3.60. The number of rotatable bonds is 6. The van der Waals surface area contributed by atoms with Gasteiger partial charge in [0.1, 0.15) is 5.82 Å². The molecule has 142 valence electrons. The highest BCUT2D eigenvalue weighted by molar-refractivity contribution is 8.00. The lowest BCUT2D eigenvalue weighted by atomic mass is 9.83. The molecule has 0 radical (unpaired) electrons. The van der Waals surface area contributed by atoms with Crippen LogP contribution < -0.4 is 4.90 Å². The predicted octanol–water partition coefficient (Wildman–Crippen LogP) is 4.13. The molecule has 0 fully saturated rings. The number of likely N-dealkylation sites (N-methyl/N-ethyl adjacent to an activating group) is 1. The number of carbonyl (C=O) groups is 1. The number of benzene rings is 1. The van der Waals surface area contributed by atoms with Crippen LogP contribution in [0.1, 0.15) is 32.2 Å². The minimum Gasteiger partial charge on any atom is -0.347 e. The summed E-state index contributed by atoms with van der Waals surface area (Å²) in [5.74, 6) is 0.899. The fourth-order valence-electron chi connectivity index (χ4n) is 3.52. The van der Waals surface area contributed by atoms with Crippen LogP contribution in [-0.4, -0.2) is 32.8 Å². The summed E-state index contributed by atoms with van der Waals surface area (Å²) in [4.78, 5) is 15.1. The third-order valence-corrected chi connectivity index (χ3v) is 6.21. The van der Waals surface area contributed by atoms with Crippen LogP contribution in [0.3, 0.4) is 0 Å². The number of ketones is 1. The van der Waals surface area contributed by atoms with Gasteiger partial charge >= 0.3 is 0 Å². The van der Waals surface area contributed by atoms with Crippen LogP contribution >= 0.6 is 11.8 Å². The van der Waals surface area contributed by atoms with Crippen molar-refractivity contribution in [3.63, 3.8) is 0 Å². The smallest absolute Gasteiger partial charge is 0.192 e. The van der Waals surface area contributed by atoms with Crippen molar-refractivity contribution < 1.29 is 4.79 Å². The minimum atomic E-state index is -0.252. The van der Waals surface area contributed by atoms with Gasteiger partial charge in [-0.1, -0.05) is 49.9 Å². The van der Waals surface area contributed by atoms with E-state index < -0.39 is 0 Å². The van der Waals surface area contributed by atoms with Gasteiger partial charge in [0.2, 0.25) is 0 Å². The van der Waals surface area contributed by atoms with Gasteiger partial charge in [-0.05, 0) is 25.5 Å². The summed E-state index contributed by atoms with van der Waals surface area (Å²) in [6.45, 7) is 12.6. The monoisotopic (exact) mass is 382 g/mol. The second-order valence-electron chi connectivity index (χ2n) is 7.32. The summed E-state index contributed by atoms with van der Waals surface area (Å²) in [5, 5.41) is 8.82. The van der Waals surface area contributed by atoms with E-state index in [2.05, 4.69) is 47.7 Å². The van der Waals surface area contributed by atoms with Gasteiger partial charge in [-0.15, -0.1) is 16.8 Å². The molecule has 2 aromatic rings. The number of carbonyl (C=O) groups excluding carboxylic acids is 1. The largest absolute Gasteiger partial charge is 0.347 e. The summed E-state index contributed by atoms with van der Waals surface area (Å²) >= 11 is 1.44. The molecule has 1 aromatic carbocycles. The van der Waals surface area contributed by atoms with Crippen molar-refractivity contribution in [3.05, 3.63) is 60.1 Å². The SMILES string of the molecule is C=CCn1c(C)nnc1SC(C)C(=O)/C=C1\N(C)c2ccccc2C1(C)C. The first kappa shape index (κ1) is 19.4. The third-order valence-electron chi connectivity index (χ3n) is 5.12. The Labute approximate surface area is 165 Å². The topological polar surface area (TPSA) is 51.0 Å². The predicted molar refractivity (Wildman–Crippen MR) is 111 cm³/mol. The molecule has 1 unspecified atom stereocenters. The van der Waals surface area contributed by atoms with E-state index in [1.54, 1.807) is 6.08 Å². The quantitative estimate of drug-likeness (QED) is 0.427. The molecule has 0 aliphatic carbocycles. The van der Waals surface area contributed by atoms with Crippen LogP contribution in [0.5, 0.6) is 0 Å². The first-order valence-electron chi connectivity index (χ1n) is 9.04. The number of para-hydroxylation sites is 1. The standard InChI is InChI=1S/C21H26N4OS/c1-7-12-25-15(3)22-23-20(25)27-14(2)18(26)13-19-21(4,5)16-10-8-9-11-17(16)24(19)6/h7-11,13-14H,1,12H2,2-6H3/b19-13-. The van der Waals surface area contributed by atoms with Gasteiger partial charge in [-0.3, -0.25) is 4.79 Å². The van der Waals surface area contributed by atoms with Crippen molar-refractivity contribution in [1.82, 2.24) is 14.8 Å². The van der Waals surface area contributed by atoms with E-state index in [-0.39, 0.29) is 16.4 Å². The van der Waals surface area contributed by atoms with Crippen molar-refractivity contribution in [1.29, 1.82) is 0 Å². The van der Waals surface area contributed by atoms with Crippen molar-refractivity contribution in [2.75, 3.05) is 11.9 Å². The zero-order valence-corrected chi connectivity index (χ0v) is 17.4. The molecule has 1 atom stereocenters. The molecule has 2 heterocycles. The lowest BCUT2D eigenvalue weighted by Gasteiger charge is -2.24. The maximum atomic E-state index is 13.0. The van der Waals surface area contributed by atoms with Crippen LogP contribution in [0, 0.1) is 6.92 Å². The first-order chi connectivity index (χ1) is 12.8. The lowest BCUT2D eigenvalue weighted by Crippen LogP contribution is -2.25. The Bertz CT molecular complexity index is 913. The zero-order valence-electron chi connectivity index (χ0n) is 16.6. The molecule has 6 heteroatoms. The molecule has 0 N–H and O–H groups in total. The Morgan fingerprint density at radius 3 is 2.70 bits per heavy atom. The molecule has 5 nitrogen and oxygen atoms in total. The van der Waals surface area contributed by atoms with Gasteiger partial charge < -0.3 is 9.47 Å². The van der Waals surface area contributed by atoms with Crippen LogP contribution in [0.25, 0.3) is 0 Å². The van der Waals surface area contributed by atoms with Gasteiger partial charge in [-0.2, -0.15) is 0 Å². The Kier molecular flexibility index (Phi) is 5.29. The van der Waals surface area contributed by atoms with Crippen LogP contribution in [-0.2, 0) is 16.8 Å². The molecule has 1 aliphatic rings. The molecule has 3 rings (SSSR count). The van der Waals surface area contributed by atoms with E-state index in [1.165, 1.54) is 17.3 Å². The Morgan fingerprint density at radius 1 is 1.33 bits per heavy atom. The van der Waals surface area contributed by atoms with Crippen molar-refractivity contribution >= 4 is 23.2 Å². The zero-order chi connectivity index (χ0) is 19.8. The number of hydrogen-bond acceptors (Lipinski definition) is 5. The van der Waals surface area contributed by atoms with E-state index >= 15 is 0 Å². The number of anilines is 1. The summed E-state index contributed by atoms with van der Waals surface area (Å²) in [5.41, 5.74) is 3.21. The van der Waals surface area contributed by atoms with Gasteiger partial charge in [0.15, 0.2) is 10.9 Å². The van der Waals surface area contributed by atoms with Crippen LogP contribution in [0.4, 0.5) is 5.69 Å². The second kappa shape index (κ2) is 7.35. The average molecular weight is 383 g/mol. The summed E-state index contributed by atoms with van der Waals surface area (Å²) in [7, 11) is 2.02. The van der Waals surface area contributed by atoms with Gasteiger partial charge in [-0.25, -0.2) is 0 Å². The Balaban J connectivity index is 1.84. The first-order valence-corrected chi connectivity index (χ1v) is 9.92. The maximum absolute atomic E-state index is 13.0. The Hall–Kier alpha value is -2.34. The molecule has 0 bridgehead atoms. The number of fused-ring (bicyclic) bond motifs is 1. The fourth-order valence-corrected chi connectivity index (χ4v) is 4.44. The number of thioether (sulfide) groups is 1. The number of aryl methyl sites for hydroxylation is 1. The molecule has 1 aliphatic heterocycles. The van der Waals surface area contributed by atoms with E-state index in [4.69, 9.17) is 0 Å². The normalized spacial score (nSPS) is 17.8. The highest BCUT2D eigenvalue weighted by Gasteiger charge is 2.38. The highest BCUT2D eigenvalue weighted by Crippen LogP contribution is 2.46. The van der Waals surface area contributed by atoms with Gasteiger partial charge in [0, 0.05) is 36.5 Å². The molecular weight excluding hydrogens is 356 g/mol. The van der Waals surface area contributed by atoms with Crippen molar-refractivity contribution in [2.24, 2.45) is 0 Å². The third kappa shape index (κ3) is 3.46. The highest BCUT2D eigenvalue weighted by atomic mass is 32.2. The molecule has 0 saturated carbocycles. The van der Waals surface area contributed by atoms with Gasteiger partial charge in [0.25, 0.3) is 0 Å². The van der Waals surface area contributed by atoms with E-state index in [9.17, 15) is 4.79 Å². The van der Waals surface area contributed by atoms with Crippen LogP contribution in [0.15, 0.2) is 53.8 Å². The van der Waals surface area contributed by atoms with E-state index in [0.717, 1.165) is 22.4 Å². The molecule has 0 saturated heterocycles. The van der Waals surface area contributed by atoms with Crippen molar-refractivity contribution in [3.8, 4) is 0 Å². The Morgan fingerprint density at radius 2 is 2.04 bits per heavy atom. The van der Waals surface area contributed by atoms with Crippen LogP contribution in [0.2, 0.25) is 0 Å². The average Bonchev–Trinajstić information content (AvgIpc) is 3.07. The summed E-state index contributed by atoms with van der Waals surface area (Å²) in [6, 6.07) is 8.31. The second-order valence-corrected chi connectivity index (χ2v) is 8.63. The fraction of sp³-hybridized carbons (Fsp3) is 0.381. The molecule has 0 spiro atoms. The molecule has 1 aromatic heterocycles. The van der Waals surface area contributed by atoms with Gasteiger partial charge in [0.05, 0.1) is 5.25 Å².